The number of rotatable bonds is 4. The van der Waals surface area contributed by atoms with Crippen LogP contribution in [0.15, 0.2) is 54.6 Å². The average molecular weight is 291 g/mol. The minimum absolute atomic E-state index is 0.290. The van der Waals surface area contributed by atoms with Crippen molar-refractivity contribution in [3.05, 3.63) is 65.7 Å². The summed E-state index contributed by atoms with van der Waals surface area (Å²) in [6.45, 7) is 2.15. The molecule has 110 valence electrons. The van der Waals surface area contributed by atoms with Crippen LogP contribution in [0.2, 0.25) is 0 Å². The zero-order valence-electron chi connectivity index (χ0n) is 12.4. The Morgan fingerprint density at radius 2 is 1.82 bits per heavy atom. The van der Waals surface area contributed by atoms with Gasteiger partial charge in [-0.3, -0.25) is 0 Å². The molecule has 0 saturated heterocycles. The van der Waals surface area contributed by atoms with E-state index in [1.807, 2.05) is 30.3 Å². The second kappa shape index (κ2) is 5.98. The Balaban J connectivity index is 2.12. The molecule has 0 saturated carbocycles. The van der Waals surface area contributed by atoms with Crippen LogP contribution in [0.3, 0.4) is 0 Å². The summed E-state index contributed by atoms with van der Waals surface area (Å²) in [7, 11) is 0. The number of benzene rings is 2. The van der Waals surface area contributed by atoms with Gasteiger partial charge in [0.05, 0.1) is 16.8 Å². The Morgan fingerprint density at radius 3 is 2.50 bits per heavy atom. The summed E-state index contributed by atoms with van der Waals surface area (Å²) in [4.78, 5) is 16.1. The van der Waals surface area contributed by atoms with E-state index in [9.17, 15) is 9.90 Å². The molecule has 0 atom stereocenters. The fraction of sp³-hybridized carbons (Fsp3) is 0.158. The third kappa shape index (κ3) is 2.70. The molecule has 22 heavy (non-hydrogen) atoms. The van der Waals surface area contributed by atoms with E-state index < -0.39 is 5.97 Å². The molecule has 0 aliphatic carbocycles. The van der Waals surface area contributed by atoms with Gasteiger partial charge < -0.3 is 5.11 Å². The molecule has 0 amide bonds. The number of para-hydroxylation sites is 1. The molecule has 0 aliphatic rings. The number of pyridine rings is 1. The van der Waals surface area contributed by atoms with Gasteiger partial charge in [-0.05, 0) is 24.1 Å². The van der Waals surface area contributed by atoms with Crippen LogP contribution in [-0.2, 0) is 6.42 Å². The zero-order valence-corrected chi connectivity index (χ0v) is 12.4. The van der Waals surface area contributed by atoms with E-state index >= 15 is 0 Å². The second-order valence-electron chi connectivity index (χ2n) is 5.32. The maximum Gasteiger partial charge on any atom is 0.336 e. The first-order valence-electron chi connectivity index (χ1n) is 7.41. The van der Waals surface area contributed by atoms with Crippen LogP contribution < -0.4 is 0 Å². The monoisotopic (exact) mass is 291 g/mol. The Bertz CT molecular complexity index is 822. The van der Waals surface area contributed by atoms with Crippen LogP contribution in [-0.4, -0.2) is 16.1 Å². The number of nitrogens with zero attached hydrogens (tertiary/aromatic N) is 1. The van der Waals surface area contributed by atoms with E-state index in [-0.39, 0.29) is 0 Å². The summed E-state index contributed by atoms with van der Waals surface area (Å²) in [6, 6.07) is 17.2. The third-order valence-corrected chi connectivity index (χ3v) is 3.73. The zero-order chi connectivity index (χ0) is 15.5. The van der Waals surface area contributed by atoms with Crippen molar-refractivity contribution >= 4 is 16.9 Å². The van der Waals surface area contributed by atoms with E-state index in [1.165, 1.54) is 5.56 Å². The van der Waals surface area contributed by atoms with Gasteiger partial charge in [-0.25, -0.2) is 9.78 Å². The van der Waals surface area contributed by atoms with Crippen molar-refractivity contribution in [3.8, 4) is 11.3 Å². The van der Waals surface area contributed by atoms with E-state index in [0.29, 0.717) is 22.2 Å². The van der Waals surface area contributed by atoms with Crippen molar-refractivity contribution in [1.29, 1.82) is 0 Å². The van der Waals surface area contributed by atoms with Gasteiger partial charge in [-0.1, -0.05) is 55.8 Å². The summed E-state index contributed by atoms with van der Waals surface area (Å²) < 4.78 is 0. The van der Waals surface area contributed by atoms with Crippen LogP contribution in [0.1, 0.15) is 29.3 Å². The molecule has 0 unspecified atom stereocenters. The summed E-state index contributed by atoms with van der Waals surface area (Å²) >= 11 is 0. The Labute approximate surface area is 129 Å². The lowest BCUT2D eigenvalue weighted by Crippen LogP contribution is -2.00. The summed E-state index contributed by atoms with van der Waals surface area (Å²) in [5, 5.41) is 10.1. The van der Waals surface area contributed by atoms with E-state index in [2.05, 4.69) is 24.0 Å². The van der Waals surface area contributed by atoms with Crippen molar-refractivity contribution in [2.75, 3.05) is 0 Å². The topological polar surface area (TPSA) is 50.2 Å². The van der Waals surface area contributed by atoms with Crippen LogP contribution in [0.5, 0.6) is 0 Å². The second-order valence-corrected chi connectivity index (χ2v) is 5.32. The standard InChI is InChI=1S/C19H17NO2/c1-2-5-13-8-10-14(11-9-13)18-12-16(19(21)22)15-6-3-4-7-17(15)20-18/h3-4,6-12H,2,5H2,1H3,(H,21,22). The maximum absolute atomic E-state index is 11.5. The molecule has 3 heteroatoms. The summed E-state index contributed by atoms with van der Waals surface area (Å²) in [6.07, 6.45) is 2.16. The molecule has 0 radical (unpaired) electrons. The molecule has 0 fully saturated rings. The normalized spacial score (nSPS) is 10.8. The Hall–Kier alpha value is -2.68. The highest BCUT2D eigenvalue weighted by Gasteiger charge is 2.12. The fourth-order valence-electron chi connectivity index (χ4n) is 2.63. The van der Waals surface area contributed by atoms with Crippen molar-refractivity contribution in [2.24, 2.45) is 0 Å². The number of aromatic carboxylic acids is 1. The highest BCUT2D eigenvalue weighted by atomic mass is 16.4. The molecule has 3 aromatic rings. The SMILES string of the molecule is CCCc1ccc(-c2cc(C(=O)O)c3ccccc3n2)cc1. The van der Waals surface area contributed by atoms with E-state index in [1.54, 1.807) is 12.1 Å². The van der Waals surface area contributed by atoms with Crippen LogP contribution >= 0.6 is 0 Å². The molecule has 1 aromatic heterocycles. The number of aromatic nitrogens is 1. The van der Waals surface area contributed by atoms with Gasteiger partial charge in [0.25, 0.3) is 0 Å². The van der Waals surface area contributed by atoms with Crippen molar-refractivity contribution in [1.82, 2.24) is 4.98 Å². The van der Waals surface area contributed by atoms with Crippen molar-refractivity contribution < 1.29 is 9.90 Å². The molecule has 0 spiro atoms. The fourth-order valence-corrected chi connectivity index (χ4v) is 2.63. The molecule has 1 N–H and O–H groups in total. The van der Waals surface area contributed by atoms with Crippen LogP contribution in [0, 0.1) is 0 Å². The van der Waals surface area contributed by atoms with Crippen LogP contribution in [0.4, 0.5) is 0 Å². The molecular weight excluding hydrogens is 274 g/mol. The Kier molecular flexibility index (Phi) is 3.88. The number of fused-ring (bicyclic) bond motifs is 1. The van der Waals surface area contributed by atoms with Crippen molar-refractivity contribution in [3.63, 3.8) is 0 Å². The van der Waals surface area contributed by atoms with Gasteiger partial charge in [0.1, 0.15) is 0 Å². The number of hydrogen-bond donors (Lipinski definition) is 1. The molecular formula is C19H17NO2. The largest absolute Gasteiger partial charge is 0.478 e. The molecule has 0 aliphatic heterocycles. The lowest BCUT2D eigenvalue weighted by molar-refractivity contribution is 0.0699. The van der Waals surface area contributed by atoms with Gasteiger partial charge in [0, 0.05) is 10.9 Å². The molecule has 3 rings (SSSR count). The Morgan fingerprint density at radius 1 is 1.09 bits per heavy atom. The molecule has 0 bridgehead atoms. The van der Waals surface area contributed by atoms with Gasteiger partial charge in [-0.2, -0.15) is 0 Å². The number of aryl methyl sites for hydroxylation is 1. The number of carboxylic acid groups (broad SMARTS) is 1. The lowest BCUT2D eigenvalue weighted by Gasteiger charge is -2.08. The highest BCUT2D eigenvalue weighted by Crippen LogP contribution is 2.25. The van der Waals surface area contributed by atoms with E-state index in [4.69, 9.17) is 0 Å². The number of hydrogen-bond acceptors (Lipinski definition) is 2. The first-order chi connectivity index (χ1) is 10.7. The smallest absolute Gasteiger partial charge is 0.336 e. The minimum atomic E-state index is -0.928. The predicted molar refractivity (Wildman–Crippen MR) is 88.1 cm³/mol. The number of carbonyl (C=O) groups is 1. The van der Waals surface area contributed by atoms with Gasteiger partial charge in [0.2, 0.25) is 0 Å². The average Bonchev–Trinajstić information content (AvgIpc) is 2.54. The minimum Gasteiger partial charge on any atom is -0.478 e. The van der Waals surface area contributed by atoms with Crippen molar-refractivity contribution in [2.45, 2.75) is 19.8 Å². The first-order valence-corrected chi connectivity index (χ1v) is 7.41. The van der Waals surface area contributed by atoms with Gasteiger partial charge >= 0.3 is 5.97 Å². The number of carboxylic acids is 1. The third-order valence-electron chi connectivity index (χ3n) is 3.73. The quantitative estimate of drug-likeness (QED) is 0.767. The maximum atomic E-state index is 11.5. The summed E-state index contributed by atoms with van der Waals surface area (Å²) in [5.74, 6) is -0.928. The van der Waals surface area contributed by atoms with E-state index in [0.717, 1.165) is 18.4 Å². The summed E-state index contributed by atoms with van der Waals surface area (Å²) in [5.41, 5.74) is 3.91. The molecule has 2 aromatic carbocycles. The molecule has 3 nitrogen and oxygen atoms in total. The highest BCUT2D eigenvalue weighted by molar-refractivity contribution is 6.03. The predicted octanol–water partition coefficient (Wildman–Crippen LogP) is 4.55. The molecule has 1 heterocycles. The lowest BCUT2D eigenvalue weighted by atomic mass is 10.0. The van der Waals surface area contributed by atoms with Gasteiger partial charge in [0.15, 0.2) is 0 Å². The first kappa shape index (κ1) is 14.3. The van der Waals surface area contributed by atoms with Gasteiger partial charge in [-0.15, -0.1) is 0 Å². The van der Waals surface area contributed by atoms with Crippen LogP contribution in [0.25, 0.3) is 22.2 Å².